The predicted molar refractivity (Wildman–Crippen MR) is 69.8 cm³/mol. The Morgan fingerprint density at radius 3 is 2.38 bits per heavy atom. The average Bonchev–Trinajstić information content (AvgIpc) is 2.34. The summed E-state index contributed by atoms with van der Waals surface area (Å²) in [5.74, 6) is 0. The van der Waals surface area contributed by atoms with E-state index in [1.54, 1.807) is 0 Å². The molecule has 1 saturated heterocycles. The highest BCUT2D eigenvalue weighted by Gasteiger charge is 2.31. The van der Waals surface area contributed by atoms with Crippen LogP contribution in [0.1, 0.15) is 65.2 Å². The Balaban J connectivity index is 2.30. The van der Waals surface area contributed by atoms with E-state index >= 15 is 0 Å². The largest absolute Gasteiger partial charge is 0.372 e. The summed E-state index contributed by atoms with van der Waals surface area (Å²) >= 11 is 0. The van der Waals surface area contributed by atoms with Crippen LogP contribution >= 0.6 is 0 Å². The lowest BCUT2D eigenvalue weighted by atomic mass is 9.89. The van der Waals surface area contributed by atoms with Gasteiger partial charge in [-0.25, -0.2) is 0 Å². The molecule has 0 amide bonds. The first kappa shape index (κ1) is 14.0. The molecule has 96 valence electrons. The van der Waals surface area contributed by atoms with Crippen LogP contribution in [0.15, 0.2) is 0 Å². The Morgan fingerprint density at radius 2 is 1.75 bits per heavy atom. The number of rotatable bonds is 8. The van der Waals surface area contributed by atoms with Crippen molar-refractivity contribution in [2.75, 3.05) is 19.7 Å². The highest BCUT2D eigenvalue weighted by molar-refractivity contribution is 4.86. The first-order valence-corrected chi connectivity index (χ1v) is 7.17. The van der Waals surface area contributed by atoms with E-state index < -0.39 is 0 Å². The van der Waals surface area contributed by atoms with Crippen molar-refractivity contribution in [1.29, 1.82) is 0 Å². The van der Waals surface area contributed by atoms with Gasteiger partial charge in [-0.1, -0.05) is 52.4 Å². The van der Waals surface area contributed by atoms with Crippen LogP contribution in [0.4, 0.5) is 0 Å². The molecule has 0 bridgehead atoms. The third-order valence-corrected chi connectivity index (χ3v) is 3.61. The zero-order valence-electron chi connectivity index (χ0n) is 11.2. The van der Waals surface area contributed by atoms with Gasteiger partial charge in [-0.05, 0) is 12.8 Å². The molecule has 1 aliphatic rings. The molecule has 1 aliphatic heterocycles. The summed E-state index contributed by atoms with van der Waals surface area (Å²) in [6, 6.07) is 0. The van der Waals surface area contributed by atoms with E-state index in [0.29, 0.717) is 0 Å². The highest BCUT2D eigenvalue weighted by atomic mass is 16.5. The summed E-state index contributed by atoms with van der Waals surface area (Å²) in [5, 5.41) is 3.50. The van der Waals surface area contributed by atoms with Gasteiger partial charge in [0, 0.05) is 13.1 Å². The van der Waals surface area contributed by atoms with Crippen molar-refractivity contribution in [2.45, 2.75) is 70.8 Å². The maximum absolute atomic E-state index is 6.09. The number of hydrogen-bond donors (Lipinski definition) is 1. The maximum Gasteiger partial charge on any atom is 0.0806 e. The van der Waals surface area contributed by atoms with E-state index in [1.807, 2.05) is 0 Å². The van der Waals surface area contributed by atoms with E-state index in [0.717, 1.165) is 19.7 Å². The van der Waals surface area contributed by atoms with Crippen molar-refractivity contribution >= 4 is 0 Å². The Bertz CT molecular complexity index is 164. The van der Waals surface area contributed by atoms with E-state index in [1.165, 1.54) is 51.4 Å². The topological polar surface area (TPSA) is 21.3 Å². The van der Waals surface area contributed by atoms with Crippen LogP contribution in [0.3, 0.4) is 0 Å². The van der Waals surface area contributed by atoms with E-state index in [4.69, 9.17) is 4.74 Å². The lowest BCUT2D eigenvalue weighted by Crippen LogP contribution is -2.49. The molecule has 1 fully saturated rings. The summed E-state index contributed by atoms with van der Waals surface area (Å²) < 4.78 is 6.09. The average molecular weight is 227 g/mol. The zero-order chi connectivity index (χ0) is 11.7. The van der Waals surface area contributed by atoms with Gasteiger partial charge >= 0.3 is 0 Å². The van der Waals surface area contributed by atoms with Crippen LogP contribution < -0.4 is 5.32 Å². The van der Waals surface area contributed by atoms with Gasteiger partial charge in [0.15, 0.2) is 0 Å². The molecule has 0 radical (unpaired) electrons. The van der Waals surface area contributed by atoms with Gasteiger partial charge in [-0.2, -0.15) is 0 Å². The highest BCUT2D eigenvalue weighted by Crippen LogP contribution is 2.27. The third kappa shape index (κ3) is 4.84. The SMILES string of the molecule is CCCCCCC1(CCCC)CNCCO1. The lowest BCUT2D eigenvalue weighted by molar-refractivity contribution is -0.0789. The van der Waals surface area contributed by atoms with Crippen molar-refractivity contribution in [3.05, 3.63) is 0 Å². The van der Waals surface area contributed by atoms with E-state index in [2.05, 4.69) is 19.2 Å². The quantitative estimate of drug-likeness (QED) is 0.641. The second kappa shape index (κ2) is 8.08. The standard InChI is InChI=1S/C14H29NO/c1-3-5-7-8-10-14(9-6-4-2)13-15-11-12-16-14/h15H,3-13H2,1-2H3. The number of ether oxygens (including phenoxy) is 1. The summed E-state index contributed by atoms with van der Waals surface area (Å²) in [6.07, 6.45) is 10.5. The Hall–Kier alpha value is -0.0800. The fraction of sp³-hybridized carbons (Fsp3) is 1.00. The van der Waals surface area contributed by atoms with Crippen LogP contribution in [0.25, 0.3) is 0 Å². The van der Waals surface area contributed by atoms with Gasteiger partial charge in [-0.15, -0.1) is 0 Å². The van der Waals surface area contributed by atoms with Crippen LogP contribution in [0.5, 0.6) is 0 Å². The van der Waals surface area contributed by atoms with Crippen molar-refractivity contribution in [3.63, 3.8) is 0 Å². The third-order valence-electron chi connectivity index (χ3n) is 3.61. The molecular formula is C14H29NO. The molecule has 16 heavy (non-hydrogen) atoms. The molecule has 0 aliphatic carbocycles. The van der Waals surface area contributed by atoms with Crippen LogP contribution in [-0.2, 0) is 4.74 Å². The molecule has 1 heterocycles. The van der Waals surface area contributed by atoms with Crippen molar-refractivity contribution in [2.24, 2.45) is 0 Å². The molecule has 1 N–H and O–H groups in total. The second-order valence-electron chi connectivity index (χ2n) is 5.12. The Morgan fingerprint density at radius 1 is 1.00 bits per heavy atom. The minimum Gasteiger partial charge on any atom is -0.372 e. The van der Waals surface area contributed by atoms with Gasteiger partial charge < -0.3 is 10.1 Å². The summed E-state index contributed by atoms with van der Waals surface area (Å²) in [5.41, 5.74) is 0.169. The van der Waals surface area contributed by atoms with Gasteiger partial charge in [0.25, 0.3) is 0 Å². The van der Waals surface area contributed by atoms with Gasteiger partial charge in [0.2, 0.25) is 0 Å². The second-order valence-corrected chi connectivity index (χ2v) is 5.12. The van der Waals surface area contributed by atoms with Crippen molar-refractivity contribution in [3.8, 4) is 0 Å². The molecule has 0 saturated carbocycles. The number of morpholine rings is 1. The van der Waals surface area contributed by atoms with Crippen molar-refractivity contribution < 1.29 is 4.74 Å². The summed E-state index contributed by atoms with van der Waals surface area (Å²) in [7, 11) is 0. The van der Waals surface area contributed by atoms with Crippen LogP contribution in [0, 0.1) is 0 Å². The predicted octanol–water partition coefficient (Wildman–Crippen LogP) is 3.51. The molecule has 0 spiro atoms. The molecule has 0 aromatic rings. The molecular weight excluding hydrogens is 198 g/mol. The number of nitrogens with one attached hydrogen (secondary N) is 1. The number of unbranched alkanes of at least 4 members (excludes halogenated alkanes) is 4. The molecule has 1 rings (SSSR count). The molecule has 0 aromatic heterocycles. The van der Waals surface area contributed by atoms with Gasteiger partial charge in [-0.3, -0.25) is 0 Å². The lowest BCUT2D eigenvalue weighted by Gasteiger charge is -2.38. The number of hydrogen-bond acceptors (Lipinski definition) is 2. The minimum atomic E-state index is 0.169. The zero-order valence-corrected chi connectivity index (χ0v) is 11.2. The van der Waals surface area contributed by atoms with Gasteiger partial charge in [0.1, 0.15) is 0 Å². The first-order chi connectivity index (χ1) is 7.83. The molecule has 2 nitrogen and oxygen atoms in total. The molecule has 0 aromatic carbocycles. The molecule has 1 atom stereocenters. The smallest absolute Gasteiger partial charge is 0.0806 e. The maximum atomic E-state index is 6.09. The Labute approximate surface area is 101 Å². The van der Waals surface area contributed by atoms with E-state index in [9.17, 15) is 0 Å². The van der Waals surface area contributed by atoms with E-state index in [-0.39, 0.29) is 5.60 Å². The van der Waals surface area contributed by atoms with Crippen LogP contribution in [-0.4, -0.2) is 25.3 Å². The Kier molecular flexibility index (Phi) is 7.06. The monoisotopic (exact) mass is 227 g/mol. The fourth-order valence-corrected chi connectivity index (χ4v) is 2.53. The molecule has 1 unspecified atom stereocenters. The minimum absolute atomic E-state index is 0.169. The normalized spacial score (nSPS) is 25.9. The fourth-order valence-electron chi connectivity index (χ4n) is 2.53. The first-order valence-electron chi connectivity index (χ1n) is 7.17. The van der Waals surface area contributed by atoms with Crippen molar-refractivity contribution in [1.82, 2.24) is 5.32 Å². The van der Waals surface area contributed by atoms with Crippen LogP contribution in [0.2, 0.25) is 0 Å². The summed E-state index contributed by atoms with van der Waals surface area (Å²) in [6.45, 7) is 7.53. The summed E-state index contributed by atoms with van der Waals surface area (Å²) in [4.78, 5) is 0. The van der Waals surface area contributed by atoms with Gasteiger partial charge in [0.05, 0.1) is 12.2 Å². The molecule has 2 heteroatoms.